The van der Waals surface area contributed by atoms with Crippen molar-refractivity contribution in [2.24, 2.45) is 15.9 Å². The molecule has 0 atom stereocenters. The Balaban J connectivity index is -0.000000148. The van der Waals surface area contributed by atoms with Gasteiger partial charge in [-0.1, -0.05) is 6.07 Å². The van der Waals surface area contributed by atoms with E-state index in [1.807, 2.05) is 0 Å². The SMILES string of the molecule is CCO.N/C(=N\N=C(/[O-])c1ccncc1)c1ccccn1.O=[N+]([O-])[O-].O=[N+]([O-])[O-].[Dy+3].[OH3+].[OH3+]. The van der Waals surface area contributed by atoms with E-state index >= 15 is 0 Å². The summed E-state index contributed by atoms with van der Waals surface area (Å²) in [4.78, 5) is 24.3. The molecule has 0 bridgehead atoms. The van der Waals surface area contributed by atoms with Gasteiger partial charge >= 0.3 is 38.2 Å². The largest absolute Gasteiger partial charge is 3.00 e. The molecule has 2 aromatic heterocycles. The fourth-order valence-corrected chi connectivity index (χ4v) is 1.22. The summed E-state index contributed by atoms with van der Waals surface area (Å²) in [7, 11) is 0. The molecule has 0 aliphatic carbocycles. The quantitative estimate of drug-likeness (QED) is 0.121. The van der Waals surface area contributed by atoms with Crippen LogP contribution in [-0.4, -0.2) is 43.6 Å². The van der Waals surface area contributed by atoms with E-state index in [0.717, 1.165) is 0 Å². The van der Waals surface area contributed by atoms with Crippen molar-refractivity contribution in [2.45, 2.75) is 6.92 Å². The van der Waals surface area contributed by atoms with Crippen molar-refractivity contribution in [2.75, 3.05) is 6.61 Å². The van der Waals surface area contributed by atoms with Crippen LogP contribution >= 0.6 is 0 Å². The third-order valence-electron chi connectivity index (χ3n) is 2.10. The second kappa shape index (κ2) is 25.8. The Morgan fingerprint density at radius 2 is 1.44 bits per heavy atom. The number of nitrogens with zero attached hydrogens (tertiary/aromatic N) is 6. The summed E-state index contributed by atoms with van der Waals surface area (Å²) in [6.07, 6.45) is 4.60. The van der Waals surface area contributed by atoms with Crippen LogP contribution in [0, 0.1) is 68.8 Å². The fraction of sp³-hybridized carbons (Fsp3) is 0.143. The molecule has 0 aromatic carbocycles. The van der Waals surface area contributed by atoms with Crippen LogP contribution in [0.5, 0.6) is 0 Å². The third kappa shape index (κ3) is 26.8. The number of aliphatic hydroxyl groups is 1. The van der Waals surface area contributed by atoms with Crippen LogP contribution in [0.2, 0.25) is 0 Å². The van der Waals surface area contributed by atoms with E-state index in [2.05, 4.69) is 20.2 Å². The average Bonchev–Trinajstić information content (AvgIpc) is 2.67. The summed E-state index contributed by atoms with van der Waals surface area (Å²) < 4.78 is 0. The van der Waals surface area contributed by atoms with Crippen molar-refractivity contribution in [1.29, 1.82) is 0 Å². The van der Waals surface area contributed by atoms with Crippen LogP contribution in [0.4, 0.5) is 0 Å². The van der Waals surface area contributed by atoms with Crippen molar-refractivity contribution in [3.8, 4) is 0 Å². The van der Waals surface area contributed by atoms with E-state index < -0.39 is 16.1 Å². The van der Waals surface area contributed by atoms with E-state index in [9.17, 15) is 5.11 Å². The van der Waals surface area contributed by atoms with E-state index in [0.29, 0.717) is 11.3 Å². The molecule has 32 heavy (non-hydrogen) atoms. The Hall–Kier alpha value is -3.21. The summed E-state index contributed by atoms with van der Waals surface area (Å²) in [5, 5.41) is 55.9. The minimum atomic E-state index is -1.75. The van der Waals surface area contributed by atoms with Gasteiger partial charge in [0.25, 0.3) is 0 Å². The zero-order valence-electron chi connectivity index (χ0n) is 16.4. The van der Waals surface area contributed by atoms with Gasteiger partial charge in [-0.25, -0.2) is 0 Å². The van der Waals surface area contributed by atoms with Crippen LogP contribution in [0.1, 0.15) is 18.2 Å². The molecule has 0 amide bonds. The van der Waals surface area contributed by atoms with E-state index in [1.54, 1.807) is 43.5 Å². The van der Waals surface area contributed by atoms with Gasteiger partial charge < -0.3 is 57.5 Å². The molecule has 17 nitrogen and oxygen atoms in total. The van der Waals surface area contributed by atoms with Crippen molar-refractivity contribution < 1.29 is 69.5 Å². The van der Waals surface area contributed by atoms with Crippen molar-refractivity contribution >= 4 is 11.7 Å². The molecule has 2 rings (SSSR count). The van der Waals surface area contributed by atoms with Crippen LogP contribution < -0.4 is 10.8 Å². The molecular formula is C14H22DyN7O10+2. The van der Waals surface area contributed by atoms with Gasteiger partial charge in [-0.3, -0.25) is 9.97 Å². The summed E-state index contributed by atoms with van der Waals surface area (Å²) in [6, 6.07) is 8.33. The zero-order chi connectivity index (χ0) is 22.7. The molecule has 2 aromatic rings. The van der Waals surface area contributed by atoms with E-state index in [-0.39, 0.29) is 61.6 Å². The number of pyridine rings is 2. The van der Waals surface area contributed by atoms with Gasteiger partial charge in [-0.15, -0.1) is 5.10 Å². The summed E-state index contributed by atoms with van der Waals surface area (Å²) in [5.74, 6) is -0.380. The third-order valence-corrected chi connectivity index (χ3v) is 2.10. The smallest absolute Gasteiger partial charge is 0.857 e. The second-order valence-electron chi connectivity index (χ2n) is 4.10. The zero-order valence-corrected chi connectivity index (χ0v) is 18.4. The number of amidine groups is 1. The Kier molecular flexibility index (Phi) is 31.7. The molecule has 0 aliphatic rings. The first-order valence-electron chi connectivity index (χ1n) is 7.29. The standard InChI is InChI=1S/C12H11N5O.C2H6O.Dy.2NO3.2H2O/c13-11(10-3-1-2-6-15-10)16-17-12(18)9-4-7-14-8-5-9;1-2-3;;2*2-1(3)4;;/h1-8H,(H2,13,16)(H,17,18);3H,2H2,1H3;;;;2*1H2/q;;+3;2*-1;;/p+1. The monoisotopic (exact) mass is 612 g/mol. The van der Waals surface area contributed by atoms with Crippen molar-refractivity contribution in [3.63, 3.8) is 0 Å². The Morgan fingerprint density at radius 3 is 1.81 bits per heavy atom. The van der Waals surface area contributed by atoms with Crippen LogP contribution in [0.25, 0.3) is 0 Å². The molecule has 0 saturated carbocycles. The molecule has 0 spiro atoms. The topological polar surface area (TPSA) is 318 Å². The Bertz CT molecular complexity index is 708. The molecule has 0 saturated heterocycles. The Morgan fingerprint density at radius 1 is 1.00 bits per heavy atom. The molecule has 181 valence electrons. The predicted octanol–water partition coefficient (Wildman–Crippen LogP) is -2.42. The molecular weight excluding hydrogens is 589 g/mol. The summed E-state index contributed by atoms with van der Waals surface area (Å²) in [6.45, 7) is 1.93. The van der Waals surface area contributed by atoms with Gasteiger partial charge in [0.1, 0.15) is 5.69 Å². The fourth-order valence-electron chi connectivity index (χ4n) is 1.22. The maximum absolute atomic E-state index is 11.6. The molecule has 2 heterocycles. The predicted molar refractivity (Wildman–Crippen MR) is 109 cm³/mol. The average molecular weight is 611 g/mol. The van der Waals surface area contributed by atoms with Crippen LogP contribution in [0.3, 0.4) is 0 Å². The van der Waals surface area contributed by atoms with E-state index in [1.165, 1.54) is 12.4 Å². The summed E-state index contributed by atoms with van der Waals surface area (Å²) >= 11 is 0. The van der Waals surface area contributed by atoms with Gasteiger partial charge in [0.2, 0.25) is 0 Å². The van der Waals surface area contributed by atoms with Gasteiger partial charge in [0, 0.05) is 31.1 Å². The first kappa shape index (κ1) is 39.3. The molecule has 9 N–H and O–H groups in total. The second-order valence-corrected chi connectivity index (χ2v) is 4.10. The maximum Gasteiger partial charge on any atom is 3.00 e. The number of aromatic nitrogens is 2. The number of hydrogen-bond donors (Lipinski definition) is 2. The first-order chi connectivity index (χ1) is 13.6. The number of rotatable bonds is 3. The van der Waals surface area contributed by atoms with Gasteiger partial charge in [0.05, 0.1) is 10.2 Å². The number of hydrogen-bond acceptors (Lipinski definition) is 12. The van der Waals surface area contributed by atoms with Crippen LogP contribution in [0.15, 0.2) is 59.1 Å². The van der Waals surface area contributed by atoms with Crippen molar-refractivity contribution in [1.82, 2.24) is 9.97 Å². The summed E-state index contributed by atoms with van der Waals surface area (Å²) in [5.41, 5.74) is 6.53. The maximum atomic E-state index is 11.6. The molecule has 18 heteroatoms. The van der Waals surface area contributed by atoms with Crippen molar-refractivity contribution in [3.05, 3.63) is 90.8 Å². The molecule has 1 radical (unpaired) electrons. The van der Waals surface area contributed by atoms with Gasteiger partial charge in [-0.2, -0.15) is 5.10 Å². The minimum Gasteiger partial charge on any atom is -0.857 e. The van der Waals surface area contributed by atoms with E-state index in [4.69, 9.17) is 41.5 Å². The molecule has 0 aliphatic heterocycles. The molecule has 0 unspecified atom stereocenters. The Labute approximate surface area is 210 Å². The normalized spacial score (nSPS) is 9.06. The minimum absolute atomic E-state index is 0. The van der Waals surface area contributed by atoms with Gasteiger partial charge in [-0.05, 0) is 36.8 Å². The number of aliphatic hydroxyl groups excluding tert-OH is 1. The number of nitrogens with two attached hydrogens (primary N) is 1. The van der Waals surface area contributed by atoms with Gasteiger partial charge in [0.15, 0.2) is 5.84 Å². The molecule has 0 fully saturated rings. The van der Waals surface area contributed by atoms with Crippen LogP contribution in [-0.2, 0) is 11.0 Å². The first-order valence-corrected chi connectivity index (χ1v) is 7.29.